The lowest BCUT2D eigenvalue weighted by atomic mass is 9.99. The normalized spacial score (nSPS) is 11.9. The van der Waals surface area contributed by atoms with Gasteiger partial charge in [0.2, 0.25) is 0 Å². The van der Waals surface area contributed by atoms with E-state index in [1.54, 1.807) is 39.5 Å². The Morgan fingerprint density at radius 1 is 0.810 bits per heavy atom. The summed E-state index contributed by atoms with van der Waals surface area (Å²) in [6, 6.07) is 11.0. The van der Waals surface area contributed by atoms with E-state index in [0.717, 1.165) is 22.4 Å². The molecule has 1 atom stereocenters. The van der Waals surface area contributed by atoms with Crippen LogP contribution in [0.3, 0.4) is 0 Å². The smallest absolute Gasteiger partial charge is 0.122 e. The Morgan fingerprint density at radius 3 is 1.90 bits per heavy atom. The van der Waals surface area contributed by atoms with Crippen LogP contribution in [0.25, 0.3) is 0 Å². The number of aryl methyl sites for hydroxylation is 1. The largest absolute Gasteiger partial charge is 0.497 e. The van der Waals surface area contributed by atoms with E-state index in [2.05, 4.69) is 0 Å². The van der Waals surface area contributed by atoms with Crippen LogP contribution >= 0.6 is 0 Å². The van der Waals surface area contributed by atoms with E-state index >= 15 is 0 Å². The van der Waals surface area contributed by atoms with E-state index in [4.69, 9.17) is 14.2 Å². The van der Waals surface area contributed by atoms with Crippen LogP contribution in [0.4, 0.5) is 0 Å². The Balaban J connectivity index is 2.39. The van der Waals surface area contributed by atoms with Gasteiger partial charge in [-0.05, 0) is 47.9 Å². The van der Waals surface area contributed by atoms with E-state index in [-0.39, 0.29) is 0 Å². The first-order valence-electron chi connectivity index (χ1n) is 6.64. The van der Waals surface area contributed by atoms with Gasteiger partial charge in [0, 0.05) is 6.07 Å². The molecule has 1 unspecified atom stereocenters. The Bertz CT molecular complexity index is 600. The molecule has 0 saturated heterocycles. The summed E-state index contributed by atoms with van der Waals surface area (Å²) in [6.45, 7) is 1.95. The number of benzene rings is 2. The van der Waals surface area contributed by atoms with Crippen LogP contribution in [0.5, 0.6) is 17.2 Å². The van der Waals surface area contributed by atoms with Gasteiger partial charge in [-0.2, -0.15) is 0 Å². The van der Waals surface area contributed by atoms with E-state index in [1.807, 2.05) is 25.1 Å². The van der Waals surface area contributed by atoms with Crippen molar-refractivity contribution in [2.24, 2.45) is 0 Å². The molecule has 112 valence electrons. The predicted molar refractivity (Wildman–Crippen MR) is 81.3 cm³/mol. The fourth-order valence-electron chi connectivity index (χ4n) is 2.25. The zero-order valence-electron chi connectivity index (χ0n) is 12.7. The van der Waals surface area contributed by atoms with Crippen molar-refractivity contribution < 1.29 is 19.3 Å². The molecule has 0 amide bonds. The van der Waals surface area contributed by atoms with Gasteiger partial charge >= 0.3 is 0 Å². The summed E-state index contributed by atoms with van der Waals surface area (Å²) in [5.41, 5.74) is 2.49. The van der Waals surface area contributed by atoms with Crippen LogP contribution in [-0.2, 0) is 0 Å². The Morgan fingerprint density at radius 2 is 1.43 bits per heavy atom. The summed E-state index contributed by atoms with van der Waals surface area (Å²) in [5, 5.41) is 10.6. The highest BCUT2D eigenvalue weighted by Crippen LogP contribution is 2.31. The average Bonchev–Trinajstić information content (AvgIpc) is 2.53. The zero-order valence-corrected chi connectivity index (χ0v) is 12.7. The second-order valence-electron chi connectivity index (χ2n) is 4.78. The highest BCUT2D eigenvalue weighted by molar-refractivity contribution is 5.44. The van der Waals surface area contributed by atoms with Gasteiger partial charge < -0.3 is 19.3 Å². The van der Waals surface area contributed by atoms with E-state index < -0.39 is 6.10 Å². The van der Waals surface area contributed by atoms with Crippen molar-refractivity contribution in [1.82, 2.24) is 0 Å². The maximum absolute atomic E-state index is 10.6. The van der Waals surface area contributed by atoms with Crippen LogP contribution in [0.2, 0.25) is 0 Å². The molecule has 4 heteroatoms. The van der Waals surface area contributed by atoms with Crippen LogP contribution in [0.1, 0.15) is 22.8 Å². The Hall–Kier alpha value is -2.20. The fraction of sp³-hybridized carbons (Fsp3) is 0.294. The molecule has 0 aliphatic rings. The molecule has 21 heavy (non-hydrogen) atoms. The maximum Gasteiger partial charge on any atom is 0.122 e. The van der Waals surface area contributed by atoms with Gasteiger partial charge in [-0.1, -0.05) is 6.07 Å². The van der Waals surface area contributed by atoms with Gasteiger partial charge in [0.25, 0.3) is 0 Å². The minimum absolute atomic E-state index is 0.647. The zero-order chi connectivity index (χ0) is 15.4. The van der Waals surface area contributed by atoms with Crippen LogP contribution < -0.4 is 14.2 Å². The second kappa shape index (κ2) is 6.50. The monoisotopic (exact) mass is 288 g/mol. The summed E-state index contributed by atoms with van der Waals surface area (Å²) in [4.78, 5) is 0. The summed E-state index contributed by atoms with van der Waals surface area (Å²) >= 11 is 0. The van der Waals surface area contributed by atoms with Crippen molar-refractivity contribution in [2.45, 2.75) is 13.0 Å². The number of rotatable bonds is 5. The lowest BCUT2D eigenvalue weighted by molar-refractivity contribution is 0.219. The molecule has 0 spiro atoms. The predicted octanol–water partition coefficient (Wildman–Crippen LogP) is 3.10. The first kappa shape index (κ1) is 15.2. The van der Waals surface area contributed by atoms with Gasteiger partial charge in [0.15, 0.2) is 0 Å². The van der Waals surface area contributed by atoms with Crippen LogP contribution in [0.15, 0.2) is 36.4 Å². The van der Waals surface area contributed by atoms with Gasteiger partial charge in [0.05, 0.1) is 21.3 Å². The summed E-state index contributed by atoms with van der Waals surface area (Å²) in [5.74, 6) is 2.09. The number of hydrogen-bond donors (Lipinski definition) is 1. The van der Waals surface area contributed by atoms with Crippen molar-refractivity contribution >= 4 is 0 Å². The summed E-state index contributed by atoms with van der Waals surface area (Å²) in [7, 11) is 4.80. The topological polar surface area (TPSA) is 47.9 Å². The van der Waals surface area contributed by atoms with E-state index in [0.29, 0.717) is 11.5 Å². The minimum Gasteiger partial charge on any atom is -0.497 e. The summed E-state index contributed by atoms with van der Waals surface area (Å²) in [6.07, 6.45) is -0.751. The molecule has 0 aliphatic carbocycles. The third-order valence-corrected chi connectivity index (χ3v) is 3.42. The third-order valence-electron chi connectivity index (χ3n) is 3.42. The Labute approximate surface area is 124 Å². The molecule has 4 nitrogen and oxygen atoms in total. The minimum atomic E-state index is -0.751. The molecule has 2 rings (SSSR count). The molecule has 2 aromatic rings. The quantitative estimate of drug-likeness (QED) is 0.918. The molecule has 0 aromatic heterocycles. The van der Waals surface area contributed by atoms with Crippen molar-refractivity contribution in [3.63, 3.8) is 0 Å². The first-order chi connectivity index (χ1) is 10.1. The molecule has 0 radical (unpaired) electrons. The SMILES string of the molecule is COc1cc(OC)cc(C(O)c2ccc(OC)c(C)c2)c1. The lowest BCUT2D eigenvalue weighted by Gasteiger charge is -2.16. The number of methoxy groups -OCH3 is 3. The van der Waals surface area contributed by atoms with Gasteiger partial charge in [-0.25, -0.2) is 0 Å². The molecule has 0 fully saturated rings. The Kier molecular flexibility index (Phi) is 4.70. The van der Waals surface area contributed by atoms with Crippen LogP contribution in [-0.4, -0.2) is 26.4 Å². The molecule has 2 aromatic carbocycles. The van der Waals surface area contributed by atoms with Gasteiger partial charge in [0.1, 0.15) is 23.4 Å². The van der Waals surface area contributed by atoms with Crippen molar-refractivity contribution in [2.75, 3.05) is 21.3 Å². The second-order valence-corrected chi connectivity index (χ2v) is 4.78. The molecule has 0 bridgehead atoms. The lowest BCUT2D eigenvalue weighted by Crippen LogP contribution is -2.02. The molecular weight excluding hydrogens is 268 g/mol. The molecule has 0 aliphatic heterocycles. The van der Waals surface area contributed by atoms with Crippen molar-refractivity contribution in [3.8, 4) is 17.2 Å². The third kappa shape index (κ3) is 3.28. The first-order valence-corrected chi connectivity index (χ1v) is 6.64. The summed E-state index contributed by atoms with van der Waals surface area (Å²) < 4.78 is 15.7. The highest BCUT2D eigenvalue weighted by Gasteiger charge is 2.14. The highest BCUT2D eigenvalue weighted by atomic mass is 16.5. The van der Waals surface area contributed by atoms with Crippen molar-refractivity contribution in [3.05, 3.63) is 53.1 Å². The number of ether oxygens (including phenoxy) is 3. The van der Waals surface area contributed by atoms with E-state index in [9.17, 15) is 5.11 Å². The van der Waals surface area contributed by atoms with Gasteiger partial charge in [-0.3, -0.25) is 0 Å². The van der Waals surface area contributed by atoms with Gasteiger partial charge in [-0.15, -0.1) is 0 Å². The number of hydrogen-bond acceptors (Lipinski definition) is 4. The maximum atomic E-state index is 10.6. The molecular formula is C17H20O4. The number of aliphatic hydroxyl groups excluding tert-OH is 1. The van der Waals surface area contributed by atoms with Crippen molar-refractivity contribution in [1.29, 1.82) is 0 Å². The molecule has 1 N–H and O–H groups in total. The van der Waals surface area contributed by atoms with E-state index in [1.165, 1.54) is 0 Å². The standard InChI is InChI=1S/C17H20O4/c1-11-7-12(5-6-16(11)21-4)17(18)13-8-14(19-2)10-15(9-13)20-3/h5-10,17-18H,1-4H3. The number of aliphatic hydroxyl groups is 1. The van der Waals surface area contributed by atoms with Crippen LogP contribution in [0, 0.1) is 6.92 Å². The average molecular weight is 288 g/mol. The molecule has 0 saturated carbocycles. The fourth-order valence-corrected chi connectivity index (χ4v) is 2.25. The molecule has 0 heterocycles.